The SMILES string of the molecule is CCOc1ccc(N(CC(=O)NC(CC)c2ccc(S(C)(=O)=O)cc2)S(C)(=O)=O)cc1. The summed E-state index contributed by atoms with van der Waals surface area (Å²) in [5, 5.41) is 2.83. The Morgan fingerprint density at radius 2 is 1.55 bits per heavy atom. The number of rotatable bonds is 10. The summed E-state index contributed by atoms with van der Waals surface area (Å²) in [6, 6.07) is 12.3. The molecule has 0 saturated heterocycles. The monoisotopic (exact) mass is 468 g/mol. The second-order valence-corrected chi connectivity index (χ2v) is 11.0. The van der Waals surface area contributed by atoms with Gasteiger partial charge in [0.05, 0.1) is 29.5 Å². The quantitative estimate of drug-likeness (QED) is 0.574. The Kier molecular flexibility index (Phi) is 8.08. The largest absolute Gasteiger partial charge is 0.494 e. The Labute approximate surface area is 184 Å². The Morgan fingerprint density at radius 3 is 2.00 bits per heavy atom. The lowest BCUT2D eigenvalue weighted by atomic mass is 10.0. The molecule has 8 nitrogen and oxygen atoms in total. The van der Waals surface area contributed by atoms with E-state index in [1.165, 1.54) is 12.1 Å². The molecule has 0 fully saturated rings. The number of amides is 1. The first-order valence-electron chi connectivity index (χ1n) is 9.75. The summed E-state index contributed by atoms with van der Waals surface area (Å²) in [6.07, 6.45) is 2.71. The summed E-state index contributed by atoms with van der Waals surface area (Å²) in [6.45, 7) is 3.82. The van der Waals surface area contributed by atoms with Crippen molar-refractivity contribution in [1.82, 2.24) is 5.32 Å². The fourth-order valence-electron chi connectivity index (χ4n) is 3.01. The zero-order valence-corrected chi connectivity index (χ0v) is 19.7. The maximum Gasteiger partial charge on any atom is 0.241 e. The fourth-order valence-corrected chi connectivity index (χ4v) is 4.50. The minimum absolute atomic E-state index is 0.191. The molecule has 1 amide bonds. The van der Waals surface area contributed by atoms with Crippen LogP contribution in [0.1, 0.15) is 31.9 Å². The first-order valence-corrected chi connectivity index (χ1v) is 13.5. The maximum absolute atomic E-state index is 12.7. The summed E-state index contributed by atoms with van der Waals surface area (Å²) in [5.41, 5.74) is 1.09. The van der Waals surface area contributed by atoms with Crippen molar-refractivity contribution in [3.05, 3.63) is 54.1 Å². The van der Waals surface area contributed by atoms with Crippen molar-refractivity contribution in [2.45, 2.75) is 31.2 Å². The Bertz CT molecular complexity index is 1100. The lowest BCUT2D eigenvalue weighted by Gasteiger charge is -2.24. The van der Waals surface area contributed by atoms with Gasteiger partial charge in [-0.25, -0.2) is 16.8 Å². The average molecular weight is 469 g/mol. The van der Waals surface area contributed by atoms with E-state index in [4.69, 9.17) is 4.74 Å². The van der Waals surface area contributed by atoms with Gasteiger partial charge in [-0.1, -0.05) is 19.1 Å². The Hall–Kier alpha value is -2.59. The van der Waals surface area contributed by atoms with Crippen LogP contribution in [0.4, 0.5) is 5.69 Å². The molecule has 0 spiro atoms. The van der Waals surface area contributed by atoms with Crippen LogP contribution in [0.2, 0.25) is 0 Å². The third-order valence-electron chi connectivity index (χ3n) is 4.58. The number of carbonyl (C=O) groups is 1. The lowest BCUT2D eigenvalue weighted by Crippen LogP contribution is -2.41. The third-order valence-corrected chi connectivity index (χ3v) is 6.85. The van der Waals surface area contributed by atoms with E-state index >= 15 is 0 Å². The van der Waals surface area contributed by atoms with E-state index in [0.29, 0.717) is 24.5 Å². The smallest absolute Gasteiger partial charge is 0.241 e. The Morgan fingerprint density at radius 1 is 0.968 bits per heavy atom. The van der Waals surface area contributed by atoms with E-state index < -0.39 is 25.8 Å². The summed E-state index contributed by atoms with van der Waals surface area (Å²) >= 11 is 0. The molecule has 0 radical (unpaired) electrons. The van der Waals surface area contributed by atoms with Gasteiger partial charge < -0.3 is 10.1 Å². The molecule has 0 aliphatic carbocycles. The number of hydrogen-bond donors (Lipinski definition) is 1. The second kappa shape index (κ2) is 10.1. The van der Waals surface area contributed by atoms with Gasteiger partial charge in [0.1, 0.15) is 12.3 Å². The van der Waals surface area contributed by atoms with E-state index in [2.05, 4.69) is 5.32 Å². The van der Waals surface area contributed by atoms with Gasteiger partial charge in [0.2, 0.25) is 15.9 Å². The van der Waals surface area contributed by atoms with Crippen LogP contribution >= 0.6 is 0 Å². The van der Waals surface area contributed by atoms with Crippen LogP contribution in [0.25, 0.3) is 0 Å². The van der Waals surface area contributed by atoms with Crippen LogP contribution < -0.4 is 14.4 Å². The van der Waals surface area contributed by atoms with Crippen molar-refractivity contribution >= 4 is 31.5 Å². The molecule has 10 heteroatoms. The molecule has 2 aromatic carbocycles. The van der Waals surface area contributed by atoms with Crippen molar-refractivity contribution < 1.29 is 26.4 Å². The van der Waals surface area contributed by atoms with E-state index in [-0.39, 0.29) is 17.5 Å². The van der Waals surface area contributed by atoms with Crippen LogP contribution in [0, 0.1) is 0 Å². The number of sulfonamides is 1. The molecule has 31 heavy (non-hydrogen) atoms. The molecule has 2 aromatic rings. The van der Waals surface area contributed by atoms with Gasteiger partial charge >= 0.3 is 0 Å². The number of nitrogens with one attached hydrogen (secondary N) is 1. The second-order valence-electron chi connectivity index (χ2n) is 7.07. The van der Waals surface area contributed by atoms with Crippen molar-refractivity contribution in [2.75, 3.05) is 30.0 Å². The van der Waals surface area contributed by atoms with Crippen LogP contribution in [0.15, 0.2) is 53.4 Å². The van der Waals surface area contributed by atoms with Crippen LogP contribution in [0.3, 0.4) is 0 Å². The van der Waals surface area contributed by atoms with Crippen molar-refractivity contribution in [3.8, 4) is 5.75 Å². The zero-order valence-electron chi connectivity index (χ0n) is 18.0. The van der Waals surface area contributed by atoms with E-state index in [0.717, 1.165) is 22.4 Å². The molecule has 1 atom stereocenters. The number of carbonyl (C=O) groups excluding carboxylic acids is 1. The normalized spacial score (nSPS) is 12.8. The molecule has 0 aliphatic rings. The summed E-state index contributed by atoms with van der Waals surface area (Å²) in [5.74, 6) is 0.131. The molecule has 1 N–H and O–H groups in total. The van der Waals surface area contributed by atoms with Crippen LogP contribution in [-0.2, 0) is 24.7 Å². The highest BCUT2D eigenvalue weighted by atomic mass is 32.2. The molecule has 0 heterocycles. The third kappa shape index (κ3) is 6.96. The number of sulfone groups is 1. The summed E-state index contributed by atoms with van der Waals surface area (Å²) < 4.78 is 54.2. The first-order chi connectivity index (χ1) is 14.5. The highest BCUT2D eigenvalue weighted by Gasteiger charge is 2.23. The van der Waals surface area contributed by atoms with Crippen molar-refractivity contribution in [2.24, 2.45) is 0 Å². The minimum atomic E-state index is -3.70. The topological polar surface area (TPSA) is 110 Å². The minimum Gasteiger partial charge on any atom is -0.494 e. The highest BCUT2D eigenvalue weighted by Crippen LogP contribution is 2.23. The van der Waals surface area contributed by atoms with Crippen LogP contribution in [-0.4, -0.2) is 48.4 Å². The van der Waals surface area contributed by atoms with E-state index in [1.54, 1.807) is 36.4 Å². The maximum atomic E-state index is 12.7. The van der Waals surface area contributed by atoms with Crippen molar-refractivity contribution in [3.63, 3.8) is 0 Å². The number of ether oxygens (including phenoxy) is 1. The first kappa shape index (κ1) is 24.7. The molecular weight excluding hydrogens is 440 g/mol. The number of nitrogens with zero attached hydrogens (tertiary/aromatic N) is 1. The molecule has 0 aromatic heterocycles. The van der Waals surface area contributed by atoms with Gasteiger partial charge in [-0.15, -0.1) is 0 Å². The molecule has 0 bridgehead atoms. The number of benzene rings is 2. The van der Waals surface area contributed by atoms with Gasteiger partial charge in [-0.2, -0.15) is 0 Å². The van der Waals surface area contributed by atoms with Gasteiger partial charge in [-0.05, 0) is 55.3 Å². The van der Waals surface area contributed by atoms with Crippen LogP contribution in [0.5, 0.6) is 5.75 Å². The van der Waals surface area contributed by atoms with Gasteiger partial charge in [0.25, 0.3) is 0 Å². The standard InChI is InChI=1S/C21H28N2O6S2/c1-5-20(16-7-13-19(14-8-16)30(3,25)26)22-21(24)15-23(31(4,27)28)17-9-11-18(12-10-17)29-6-2/h7-14,20H,5-6,15H2,1-4H3,(H,22,24). The molecule has 2 rings (SSSR count). The summed E-state index contributed by atoms with van der Waals surface area (Å²) in [4.78, 5) is 12.9. The molecule has 0 aliphatic heterocycles. The fraction of sp³-hybridized carbons (Fsp3) is 0.381. The van der Waals surface area contributed by atoms with E-state index in [1.807, 2.05) is 13.8 Å². The van der Waals surface area contributed by atoms with Gasteiger partial charge in [0.15, 0.2) is 9.84 Å². The van der Waals surface area contributed by atoms with Gasteiger partial charge in [0, 0.05) is 6.26 Å². The zero-order chi connectivity index (χ0) is 23.2. The molecular formula is C21H28N2O6S2. The average Bonchev–Trinajstić information content (AvgIpc) is 2.70. The summed E-state index contributed by atoms with van der Waals surface area (Å²) in [7, 11) is -7.02. The molecule has 1 unspecified atom stereocenters. The molecule has 170 valence electrons. The Balaban J connectivity index is 2.17. The number of anilines is 1. The van der Waals surface area contributed by atoms with Crippen molar-refractivity contribution in [1.29, 1.82) is 0 Å². The predicted molar refractivity (Wildman–Crippen MR) is 121 cm³/mol. The highest BCUT2D eigenvalue weighted by molar-refractivity contribution is 7.92. The molecule has 0 saturated carbocycles. The van der Waals surface area contributed by atoms with E-state index in [9.17, 15) is 21.6 Å². The number of hydrogen-bond acceptors (Lipinski definition) is 6. The van der Waals surface area contributed by atoms with Gasteiger partial charge in [-0.3, -0.25) is 9.10 Å². The predicted octanol–water partition coefficient (Wildman–Crippen LogP) is 2.52. The lowest BCUT2D eigenvalue weighted by molar-refractivity contribution is -0.120.